The van der Waals surface area contributed by atoms with Crippen LogP contribution in [0.3, 0.4) is 0 Å². The van der Waals surface area contributed by atoms with Crippen LogP contribution in [0, 0.1) is 0 Å². The van der Waals surface area contributed by atoms with Gasteiger partial charge in [0.25, 0.3) is 5.91 Å². The Morgan fingerprint density at radius 3 is 2.39 bits per heavy atom. The summed E-state index contributed by atoms with van der Waals surface area (Å²) in [6.07, 6.45) is -0.0825. The fraction of sp³-hybridized carbons (Fsp3) is 0.231. The van der Waals surface area contributed by atoms with Crippen LogP contribution in [0.4, 0.5) is 0 Å². The maximum atomic E-state index is 13.3. The summed E-state index contributed by atoms with van der Waals surface area (Å²) in [5, 5.41) is 4.02. The molecule has 1 N–H and O–H groups in total. The number of hydrogen-bond donors (Lipinski definition) is 1. The van der Waals surface area contributed by atoms with Gasteiger partial charge in [0.15, 0.2) is 0 Å². The van der Waals surface area contributed by atoms with Crippen molar-refractivity contribution in [3.63, 3.8) is 0 Å². The molecule has 0 spiro atoms. The number of ether oxygens (including phenoxy) is 1. The Hall–Kier alpha value is -2.86. The minimum atomic E-state index is -0.487. The number of morpholine rings is 1. The number of halogens is 2. The largest absolute Gasteiger partial charge is 0.370 e. The molecule has 0 bridgehead atoms. The smallest absolute Gasteiger partial charge is 0.253 e. The normalized spacial score (nSPS) is 16.8. The molecule has 7 heteroatoms. The number of amides is 2. The summed E-state index contributed by atoms with van der Waals surface area (Å²) in [6.45, 7) is 1.39. The number of benzene rings is 3. The monoisotopic (exact) mass is 482 g/mol. The number of nitrogens with zero attached hydrogens (tertiary/aromatic N) is 1. The molecule has 0 radical (unpaired) electrons. The van der Waals surface area contributed by atoms with Gasteiger partial charge in [-0.15, -0.1) is 0 Å². The lowest BCUT2D eigenvalue weighted by molar-refractivity contribution is -0.139. The molecule has 4 rings (SSSR count). The summed E-state index contributed by atoms with van der Waals surface area (Å²) >= 11 is 12.2. The van der Waals surface area contributed by atoms with Crippen LogP contribution >= 0.6 is 23.2 Å². The van der Waals surface area contributed by atoms with Gasteiger partial charge in [-0.1, -0.05) is 77.8 Å². The second kappa shape index (κ2) is 10.8. The Kier molecular flexibility index (Phi) is 7.65. The zero-order valence-corrected chi connectivity index (χ0v) is 19.4. The van der Waals surface area contributed by atoms with E-state index < -0.39 is 6.04 Å². The summed E-state index contributed by atoms with van der Waals surface area (Å²) in [4.78, 5) is 28.0. The van der Waals surface area contributed by atoms with E-state index in [4.69, 9.17) is 27.9 Å². The van der Waals surface area contributed by atoms with Gasteiger partial charge in [-0.2, -0.15) is 0 Å². The van der Waals surface area contributed by atoms with Gasteiger partial charge < -0.3 is 15.0 Å². The van der Waals surface area contributed by atoms with E-state index in [1.807, 2.05) is 54.6 Å². The zero-order chi connectivity index (χ0) is 23.2. The third-order valence-electron chi connectivity index (χ3n) is 5.67. The highest BCUT2D eigenvalue weighted by Gasteiger charge is 2.28. The summed E-state index contributed by atoms with van der Waals surface area (Å²) in [5.74, 6) is -0.367. The quantitative estimate of drug-likeness (QED) is 0.507. The predicted molar refractivity (Wildman–Crippen MR) is 129 cm³/mol. The predicted octanol–water partition coefficient (Wildman–Crippen LogP) is 5.45. The van der Waals surface area contributed by atoms with Crippen LogP contribution in [0.25, 0.3) is 0 Å². The molecule has 1 saturated heterocycles. The topological polar surface area (TPSA) is 58.6 Å². The van der Waals surface area contributed by atoms with Crippen LogP contribution in [0.1, 0.15) is 40.1 Å². The highest BCUT2D eigenvalue weighted by Crippen LogP contribution is 2.26. The van der Waals surface area contributed by atoms with Gasteiger partial charge in [0.05, 0.1) is 36.2 Å². The van der Waals surface area contributed by atoms with E-state index in [0.29, 0.717) is 35.3 Å². The summed E-state index contributed by atoms with van der Waals surface area (Å²) in [5.41, 5.74) is 2.21. The molecule has 1 aliphatic rings. The lowest BCUT2D eigenvalue weighted by atomic mass is 10.0. The van der Waals surface area contributed by atoms with E-state index in [2.05, 4.69) is 5.32 Å². The van der Waals surface area contributed by atoms with Gasteiger partial charge in [0.2, 0.25) is 5.91 Å². The summed E-state index contributed by atoms with van der Waals surface area (Å²) in [6, 6.07) is 23.3. The molecule has 3 aromatic rings. The van der Waals surface area contributed by atoms with Crippen LogP contribution in [0.15, 0.2) is 78.9 Å². The molecule has 170 valence electrons. The molecule has 1 aliphatic heterocycles. The number of hydrogen-bond acceptors (Lipinski definition) is 3. The van der Waals surface area contributed by atoms with Crippen LogP contribution in [0.5, 0.6) is 0 Å². The average molecular weight is 483 g/mol. The highest BCUT2D eigenvalue weighted by atomic mass is 35.5. The van der Waals surface area contributed by atoms with Crippen LogP contribution in [-0.2, 0) is 9.53 Å². The van der Waals surface area contributed by atoms with Crippen molar-refractivity contribution < 1.29 is 14.3 Å². The Balaban J connectivity index is 1.48. The maximum Gasteiger partial charge on any atom is 0.253 e. The van der Waals surface area contributed by atoms with Crippen molar-refractivity contribution in [2.24, 2.45) is 0 Å². The standard InChI is InChI=1S/C26H24Cl2N2O3/c27-20-12-10-19(11-13-20)24-17-30(14-15-33-24)25(31)16-23(18-6-2-1-3-7-18)29-26(32)21-8-4-5-9-22(21)28/h1-13,23-24H,14-17H2,(H,29,32). The Morgan fingerprint density at radius 2 is 1.67 bits per heavy atom. The van der Waals surface area contributed by atoms with Gasteiger partial charge in [0, 0.05) is 11.6 Å². The first-order valence-electron chi connectivity index (χ1n) is 10.8. The third-order valence-corrected chi connectivity index (χ3v) is 6.25. The fourth-order valence-corrected chi connectivity index (χ4v) is 4.23. The molecule has 3 aromatic carbocycles. The first-order chi connectivity index (χ1) is 16.0. The molecular weight excluding hydrogens is 459 g/mol. The van der Waals surface area contributed by atoms with Gasteiger partial charge in [-0.05, 0) is 35.4 Å². The zero-order valence-electron chi connectivity index (χ0n) is 17.9. The Labute approximate surface area is 203 Å². The maximum absolute atomic E-state index is 13.3. The molecule has 5 nitrogen and oxygen atoms in total. The average Bonchev–Trinajstić information content (AvgIpc) is 2.85. The van der Waals surface area contributed by atoms with Crippen LogP contribution in [-0.4, -0.2) is 36.4 Å². The third kappa shape index (κ3) is 5.93. The van der Waals surface area contributed by atoms with Crippen molar-refractivity contribution in [2.45, 2.75) is 18.6 Å². The van der Waals surface area contributed by atoms with E-state index in [-0.39, 0.29) is 24.3 Å². The van der Waals surface area contributed by atoms with E-state index in [1.165, 1.54) is 0 Å². The summed E-state index contributed by atoms with van der Waals surface area (Å²) in [7, 11) is 0. The molecule has 0 aromatic heterocycles. The van der Waals surface area contributed by atoms with Crippen molar-refractivity contribution in [2.75, 3.05) is 19.7 Å². The van der Waals surface area contributed by atoms with E-state index in [9.17, 15) is 9.59 Å². The van der Waals surface area contributed by atoms with Crippen molar-refractivity contribution >= 4 is 35.0 Å². The number of nitrogens with one attached hydrogen (secondary N) is 1. The Morgan fingerprint density at radius 1 is 0.970 bits per heavy atom. The lowest BCUT2D eigenvalue weighted by Crippen LogP contribution is -2.44. The van der Waals surface area contributed by atoms with Gasteiger partial charge in [0.1, 0.15) is 6.10 Å². The molecule has 1 fully saturated rings. The van der Waals surface area contributed by atoms with Crippen LogP contribution < -0.4 is 5.32 Å². The van der Waals surface area contributed by atoms with Crippen molar-refractivity contribution in [3.8, 4) is 0 Å². The second-order valence-corrected chi connectivity index (χ2v) is 8.72. The Bertz CT molecular complexity index is 1110. The lowest BCUT2D eigenvalue weighted by Gasteiger charge is -2.34. The molecule has 0 aliphatic carbocycles. The van der Waals surface area contributed by atoms with E-state index in [0.717, 1.165) is 11.1 Å². The minimum absolute atomic E-state index is 0.0504. The number of rotatable bonds is 6. The molecule has 2 atom stereocenters. The van der Waals surface area contributed by atoms with E-state index >= 15 is 0 Å². The first kappa shape index (κ1) is 23.3. The van der Waals surface area contributed by atoms with Gasteiger partial charge in [-0.3, -0.25) is 9.59 Å². The highest BCUT2D eigenvalue weighted by molar-refractivity contribution is 6.33. The molecule has 33 heavy (non-hydrogen) atoms. The minimum Gasteiger partial charge on any atom is -0.370 e. The fourth-order valence-electron chi connectivity index (χ4n) is 3.88. The van der Waals surface area contributed by atoms with Crippen molar-refractivity contribution in [1.82, 2.24) is 10.2 Å². The van der Waals surface area contributed by atoms with Crippen LogP contribution in [0.2, 0.25) is 10.0 Å². The number of carbonyl (C=O) groups excluding carboxylic acids is 2. The first-order valence-corrected chi connectivity index (χ1v) is 11.5. The number of carbonyl (C=O) groups is 2. The molecule has 2 amide bonds. The van der Waals surface area contributed by atoms with Crippen molar-refractivity contribution in [3.05, 3.63) is 106 Å². The van der Waals surface area contributed by atoms with E-state index in [1.54, 1.807) is 29.2 Å². The SMILES string of the molecule is O=C(NC(CC(=O)N1CCOC(c2ccc(Cl)cc2)C1)c1ccccc1)c1ccccc1Cl. The van der Waals surface area contributed by atoms with Gasteiger partial charge >= 0.3 is 0 Å². The van der Waals surface area contributed by atoms with Gasteiger partial charge in [-0.25, -0.2) is 0 Å². The molecular formula is C26H24Cl2N2O3. The molecule has 0 saturated carbocycles. The second-order valence-electron chi connectivity index (χ2n) is 7.87. The molecule has 1 heterocycles. The van der Waals surface area contributed by atoms with Crippen molar-refractivity contribution in [1.29, 1.82) is 0 Å². The molecule has 2 unspecified atom stereocenters. The summed E-state index contributed by atoms with van der Waals surface area (Å²) < 4.78 is 5.89.